The fourth-order valence-corrected chi connectivity index (χ4v) is 2.79. The first-order chi connectivity index (χ1) is 9.68. The van der Waals surface area contributed by atoms with Gasteiger partial charge in [0, 0.05) is 5.39 Å². The van der Waals surface area contributed by atoms with E-state index >= 15 is 0 Å². The fraction of sp³-hybridized carbons (Fsp3) is 0.158. The van der Waals surface area contributed by atoms with E-state index in [-0.39, 0.29) is 0 Å². The van der Waals surface area contributed by atoms with Crippen molar-refractivity contribution in [3.8, 4) is 5.75 Å². The summed E-state index contributed by atoms with van der Waals surface area (Å²) in [4.78, 5) is 0. The second-order valence-electron chi connectivity index (χ2n) is 5.29. The molecule has 0 aliphatic rings. The third kappa shape index (κ3) is 2.05. The molecule has 0 amide bonds. The predicted molar refractivity (Wildman–Crippen MR) is 84.3 cm³/mol. The van der Waals surface area contributed by atoms with Crippen molar-refractivity contribution < 1.29 is 5.11 Å². The number of hydrogen-bond acceptors (Lipinski definition) is 1. The molecule has 1 nitrogen and oxygen atoms in total. The Morgan fingerprint density at radius 3 is 2.05 bits per heavy atom. The van der Waals surface area contributed by atoms with Crippen LogP contribution in [0.3, 0.4) is 0 Å². The highest BCUT2D eigenvalue weighted by Crippen LogP contribution is 2.35. The molecular weight excluding hydrogens is 244 g/mol. The van der Waals surface area contributed by atoms with Crippen molar-refractivity contribution in [2.75, 3.05) is 0 Å². The summed E-state index contributed by atoms with van der Waals surface area (Å²) in [6, 6.07) is 18.6. The first-order valence-corrected chi connectivity index (χ1v) is 6.92. The average molecular weight is 262 g/mol. The third-order valence-corrected chi connectivity index (χ3v) is 4.10. The Morgan fingerprint density at radius 2 is 1.35 bits per heavy atom. The van der Waals surface area contributed by atoms with Crippen LogP contribution in [-0.2, 0) is 6.42 Å². The van der Waals surface area contributed by atoms with E-state index < -0.39 is 0 Å². The van der Waals surface area contributed by atoms with E-state index in [1.165, 1.54) is 16.7 Å². The zero-order valence-corrected chi connectivity index (χ0v) is 11.9. The number of phenols is 1. The van der Waals surface area contributed by atoms with E-state index in [0.717, 1.165) is 22.8 Å². The fourth-order valence-electron chi connectivity index (χ4n) is 2.79. The van der Waals surface area contributed by atoms with Crippen molar-refractivity contribution in [1.82, 2.24) is 0 Å². The van der Waals surface area contributed by atoms with Crippen molar-refractivity contribution in [2.24, 2.45) is 0 Å². The minimum atomic E-state index is 0.412. The van der Waals surface area contributed by atoms with Gasteiger partial charge in [0.25, 0.3) is 0 Å². The maximum absolute atomic E-state index is 10.3. The van der Waals surface area contributed by atoms with E-state index in [1.807, 2.05) is 31.2 Å². The van der Waals surface area contributed by atoms with Gasteiger partial charge in [-0.15, -0.1) is 0 Å². The third-order valence-electron chi connectivity index (χ3n) is 4.10. The maximum atomic E-state index is 10.3. The first-order valence-electron chi connectivity index (χ1n) is 6.92. The molecule has 0 aliphatic heterocycles. The van der Waals surface area contributed by atoms with E-state index in [0.29, 0.717) is 5.75 Å². The molecule has 0 atom stereocenters. The standard InChI is InChI=1S/C19H18O/c1-13-14(2)19(20)17-11-7-6-10-16(17)18(13)12-15-8-4-3-5-9-15/h3-11,20H,12H2,1-2H3. The Balaban J connectivity index is 2.24. The van der Waals surface area contributed by atoms with Crippen molar-refractivity contribution in [2.45, 2.75) is 20.3 Å². The van der Waals surface area contributed by atoms with Crippen LogP contribution >= 0.6 is 0 Å². The Morgan fingerprint density at radius 1 is 0.750 bits per heavy atom. The molecule has 0 saturated heterocycles. The lowest BCUT2D eigenvalue weighted by molar-refractivity contribution is 0.477. The molecule has 1 heteroatoms. The van der Waals surface area contributed by atoms with Crippen molar-refractivity contribution in [3.63, 3.8) is 0 Å². The van der Waals surface area contributed by atoms with Gasteiger partial charge in [0.15, 0.2) is 0 Å². The lowest BCUT2D eigenvalue weighted by Gasteiger charge is -2.15. The van der Waals surface area contributed by atoms with Gasteiger partial charge in [-0.3, -0.25) is 0 Å². The van der Waals surface area contributed by atoms with Crippen LogP contribution in [0.2, 0.25) is 0 Å². The lowest BCUT2D eigenvalue weighted by Crippen LogP contribution is -1.97. The second kappa shape index (κ2) is 5.01. The molecule has 3 rings (SSSR count). The van der Waals surface area contributed by atoms with Crippen molar-refractivity contribution in [3.05, 3.63) is 76.9 Å². The molecule has 3 aromatic carbocycles. The molecular formula is C19H18O. The number of aromatic hydroxyl groups is 1. The monoisotopic (exact) mass is 262 g/mol. The van der Waals surface area contributed by atoms with Crippen molar-refractivity contribution >= 4 is 10.8 Å². The molecule has 20 heavy (non-hydrogen) atoms. The lowest BCUT2D eigenvalue weighted by atomic mass is 9.90. The Hall–Kier alpha value is -2.28. The van der Waals surface area contributed by atoms with Gasteiger partial charge in [-0.25, -0.2) is 0 Å². The van der Waals surface area contributed by atoms with Gasteiger partial charge in [0.05, 0.1) is 0 Å². The largest absolute Gasteiger partial charge is 0.507 e. The zero-order chi connectivity index (χ0) is 14.1. The van der Waals surface area contributed by atoms with Crippen LogP contribution < -0.4 is 0 Å². The van der Waals surface area contributed by atoms with Crippen LogP contribution in [0.4, 0.5) is 0 Å². The summed E-state index contributed by atoms with van der Waals surface area (Å²) in [5.74, 6) is 0.412. The highest BCUT2D eigenvalue weighted by Gasteiger charge is 2.13. The SMILES string of the molecule is Cc1c(C)c(Cc2ccccc2)c2ccccc2c1O. The summed E-state index contributed by atoms with van der Waals surface area (Å²) in [7, 11) is 0. The van der Waals surface area contributed by atoms with E-state index in [1.54, 1.807) is 0 Å². The topological polar surface area (TPSA) is 20.2 Å². The van der Waals surface area contributed by atoms with E-state index in [4.69, 9.17) is 0 Å². The summed E-state index contributed by atoms with van der Waals surface area (Å²) in [5, 5.41) is 12.4. The Kier molecular flexibility index (Phi) is 3.19. The van der Waals surface area contributed by atoms with Gasteiger partial charge in [-0.05, 0) is 47.9 Å². The molecule has 3 aromatic rings. The molecule has 0 unspecified atom stereocenters. The molecule has 0 aromatic heterocycles. The Labute approximate surface area is 119 Å². The van der Waals surface area contributed by atoms with Gasteiger partial charge < -0.3 is 5.11 Å². The highest BCUT2D eigenvalue weighted by atomic mass is 16.3. The molecule has 0 heterocycles. The van der Waals surface area contributed by atoms with Gasteiger partial charge >= 0.3 is 0 Å². The first kappa shape index (κ1) is 12.7. The van der Waals surface area contributed by atoms with E-state index in [2.05, 4.69) is 37.3 Å². The summed E-state index contributed by atoms with van der Waals surface area (Å²) >= 11 is 0. The minimum absolute atomic E-state index is 0.412. The van der Waals surface area contributed by atoms with Gasteiger partial charge in [0.2, 0.25) is 0 Å². The van der Waals surface area contributed by atoms with Crippen LogP contribution in [0.25, 0.3) is 10.8 Å². The zero-order valence-electron chi connectivity index (χ0n) is 11.9. The number of benzene rings is 3. The van der Waals surface area contributed by atoms with Gasteiger partial charge in [-0.2, -0.15) is 0 Å². The average Bonchev–Trinajstić information content (AvgIpc) is 2.50. The second-order valence-corrected chi connectivity index (χ2v) is 5.29. The number of hydrogen-bond donors (Lipinski definition) is 1. The summed E-state index contributed by atoms with van der Waals surface area (Å²) in [6.45, 7) is 4.09. The minimum Gasteiger partial charge on any atom is -0.507 e. The van der Waals surface area contributed by atoms with Crippen LogP contribution in [0.15, 0.2) is 54.6 Å². The number of fused-ring (bicyclic) bond motifs is 1. The molecule has 0 radical (unpaired) electrons. The summed E-state index contributed by atoms with van der Waals surface area (Å²) in [5.41, 5.74) is 4.77. The molecule has 0 fully saturated rings. The molecule has 0 bridgehead atoms. The molecule has 0 spiro atoms. The van der Waals surface area contributed by atoms with Gasteiger partial charge in [-0.1, -0.05) is 54.6 Å². The highest BCUT2D eigenvalue weighted by molar-refractivity contribution is 5.93. The van der Waals surface area contributed by atoms with Crippen LogP contribution in [0.1, 0.15) is 22.3 Å². The van der Waals surface area contributed by atoms with Crippen LogP contribution in [0, 0.1) is 13.8 Å². The van der Waals surface area contributed by atoms with E-state index in [9.17, 15) is 5.11 Å². The normalized spacial score (nSPS) is 10.9. The smallest absolute Gasteiger partial charge is 0.126 e. The maximum Gasteiger partial charge on any atom is 0.126 e. The molecule has 1 N–H and O–H groups in total. The van der Waals surface area contributed by atoms with Crippen molar-refractivity contribution in [1.29, 1.82) is 0 Å². The van der Waals surface area contributed by atoms with Gasteiger partial charge in [0.1, 0.15) is 5.75 Å². The van der Waals surface area contributed by atoms with Crippen LogP contribution in [0.5, 0.6) is 5.75 Å². The number of phenolic OH excluding ortho intramolecular Hbond substituents is 1. The number of rotatable bonds is 2. The molecule has 0 aliphatic carbocycles. The quantitative estimate of drug-likeness (QED) is 0.706. The summed E-state index contributed by atoms with van der Waals surface area (Å²) in [6.07, 6.45) is 0.897. The molecule has 100 valence electrons. The molecule has 0 saturated carbocycles. The predicted octanol–water partition coefficient (Wildman–Crippen LogP) is 4.75. The summed E-state index contributed by atoms with van der Waals surface area (Å²) < 4.78 is 0. The Bertz CT molecular complexity index is 758. The van der Waals surface area contributed by atoms with Crippen LogP contribution in [-0.4, -0.2) is 5.11 Å².